The number of methoxy groups -OCH3 is 3. The lowest BCUT2D eigenvalue weighted by molar-refractivity contribution is 0.0593. The van der Waals surface area contributed by atoms with Gasteiger partial charge in [0, 0.05) is 16.7 Å². The Hall–Kier alpha value is -3.41. The highest BCUT2D eigenvalue weighted by molar-refractivity contribution is 5.91. The Balaban J connectivity index is 2.17. The molecule has 138 valence electrons. The van der Waals surface area contributed by atoms with Crippen molar-refractivity contribution in [3.05, 3.63) is 59.8 Å². The molecule has 0 radical (unpaired) electrons. The smallest absolute Gasteiger partial charge is 0.357 e. The van der Waals surface area contributed by atoms with E-state index in [1.165, 1.54) is 7.11 Å². The number of carbonyl (C=O) groups is 1. The zero-order chi connectivity index (χ0) is 19.4. The summed E-state index contributed by atoms with van der Waals surface area (Å²) in [7, 11) is 4.56. The molecule has 0 bridgehead atoms. The molecule has 0 atom stereocenters. The molecule has 6 heteroatoms. The minimum atomic E-state index is -0.501. The number of ether oxygens (including phenoxy) is 3. The second kappa shape index (κ2) is 7.86. The monoisotopic (exact) mass is 364 g/mol. The third-order valence-corrected chi connectivity index (χ3v) is 4.24. The van der Waals surface area contributed by atoms with Crippen LogP contribution in [0.2, 0.25) is 0 Å². The summed E-state index contributed by atoms with van der Waals surface area (Å²) in [6, 6.07) is 14.8. The molecule has 27 heavy (non-hydrogen) atoms. The Labute approximate surface area is 157 Å². The van der Waals surface area contributed by atoms with Gasteiger partial charge < -0.3 is 14.2 Å². The van der Waals surface area contributed by atoms with Crippen molar-refractivity contribution in [2.75, 3.05) is 21.3 Å². The summed E-state index contributed by atoms with van der Waals surface area (Å²) in [6.45, 7) is 1.81. The molecule has 0 saturated heterocycles. The average molecular weight is 364 g/mol. The van der Waals surface area contributed by atoms with Crippen LogP contribution in [0.3, 0.4) is 0 Å². The average Bonchev–Trinajstić information content (AvgIpc) is 2.73. The van der Waals surface area contributed by atoms with Crippen molar-refractivity contribution in [2.45, 2.75) is 6.92 Å². The van der Waals surface area contributed by atoms with Crippen LogP contribution in [0, 0.1) is 6.92 Å². The van der Waals surface area contributed by atoms with Gasteiger partial charge in [-0.25, -0.2) is 14.8 Å². The van der Waals surface area contributed by atoms with E-state index in [0.717, 1.165) is 22.6 Å². The maximum Gasteiger partial charge on any atom is 0.357 e. The van der Waals surface area contributed by atoms with Gasteiger partial charge in [0.05, 0.1) is 27.0 Å². The lowest BCUT2D eigenvalue weighted by Crippen LogP contribution is -2.10. The molecular formula is C21H20N2O4. The molecule has 0 aliphatic rings. The minimum absolute atomic E-state index is 0.240. The van der Waals surface area contributed by atoms with Gasteiger partial charge in [-0.3, -0.25) is 0 Å². The summed E-state index contributed by atoms with van der Waals surface area (Å²) in [5.41, 5.74) is 3.19. The molecule has 3 aromatic rings. The molecule has 0 amide bonds. The molecule has 2 aromatic carbocycles. The first kappa shape index (κ1) is 18.4. The lowest BCUT2D eigenvalue weighted by Gasteiger charge is -2.12. The van der Waals surface area contributed by atoms with Gasteiger partial charge in [0.1, 0.15) is 11.5 Å². The van der Waals surface area contributed by atoms with E-state index < -0.39 is 5.97 Å². The molecular weight excluding hydrogens is 344 g/mol. The van der Waals surface area contributed by atoms with E-state index in [1.54, 1.807) is 14.2 Å². The van der Waals surface area contributed by atoms with Crippen molar-refractivity contribution in [3.63, 3.8) is 0 Å². The highest BCUT2D eigenvalue weighted by atomic mass is 16.5. The van der Waals surface area contributed by atoms with E-state index in [1.807, 2.05) is 55.5 Å². The van der Waals surface area contributed by atoms with Crippen LogP contribution in [0.1, 0.15) is 16.1 Å². The molecule has 0 fully saturated rings. The highest BCUT2D eigenvalue weighted by Crippen LogP contribution is 2.29. The zero-order valence-electron chi connectivity index (χ0n) is 15.6. The van der Waals surface area contributed by atoms with Crippen LogP contribution in [0.25, 0.3) is 22.6 Å². The van der Waals surface area contributed by atoms with Crippen molar-refractivity contribution >= 4 is 5.97 Å². The van der Waals surface area contributed by atoms with Gasteiger partial charge >= 0.3 is 5.97 Å². The minimum Gasteiger partial charge on any atom is -0.497 e. The Morgan fingerprint density at radius 3 is 1.78 bits per heavy atom. The maximum atomic E-state index is 12.2. The molecule has 0 N–H and O–H groups in total. The van der Waals surface area contributed by atoms with Crippen LogP contribution < -0.4 is 9.47 Å². The Morgan fingerprint density at radius 1 is 0.778 bits per heavy atom. The molecule has 6 nitrogen and oxygen atoms in total. The summed E-state index contributed by atoms with van der Waals surface area (Å²) in [5, 5.41) is 0. The Morgan fingerprint density at radius 2 is 1.30 bits per heavy atom. The second-order valence-corrected chi connectivity index (χ2v) is 5.82. The molecule has 1 aromatic heterocycles. The van der Waals surface area contributed by atoms with E-state index in [2.05, 4.69) is 4.98 Å². The molecule has 0 unspecified atom stereocenters. The second-order valence-electron chi connectivity index (χ2n) is 5.82. The van der Waals surface area contributed by atoms with Gasteiger partial charge in [0.2, 0.25) is 0 Å². The summed E-state index contributed by atoms with van der Waals surface area (Å²) < 4.78 is 15.3. The fraction of sp³-hybridized carbons (Fsp3) is 0.190. The molecule has 0 aliphatic carbocycles. The Bertz CT molecular complexity index is 951. The van der Waals surface area contributed by atoms with Crippen molar-refractivity contribution < 1.29 is 19.0 Å². The zero-order valence-corrected chi connectivity index (χ0v) is 15.6. The fourth-order valence-electron chi connectivity index (χ4n) is 2.71. The van der Waals surface area contributed by atoms with Gasteiger partial charge in [0.25, 0.3) is 0 Å². The molecule has 0 spiro atoms. The van der Waals surface area contributed by atoms with Gasteiger partial charge in [-0.15, -0.1) is 0 Å². The van der Waals surface area contributed by atoms with Gasteiger partial charge in [0.15, 0.2) is 11.5 Å². The molecule has 3 rings (SSSR count). The summed E-state index contributed by atoms with van der Waals surface area (Å²) in [6.07, 6.45) is 0. The predicted molar refractivity (Wildman–Crippen MR) is 102 cm³/mol. The van der Waals surface area contributed by atoms with Crippen molar-refractivity contribution in [3.8, 4) is 34.1 Å². The summed E-state index contributed by atoms with van der Waals surface area (Å²) >= 11 is 0. The maximum absolute atomic E-state index is 12.2. The van der Waals surface area contributed by atoms with Crippen LogP contribution in [-0.2, 0) is 4.74 Å². The van der Waals surface area contributed by atoms with Crippen LogP contribution in [0.15, 0.2) is 48.5 Å². The van der Waals surface area contributed by atoms with E-state index in [-0.39, 0.29) is 5.69 Å². The first-order valence-corrected chi connectivity index (χ1v) is 8.33. The van der Waals surface area contributed by atoms with E-state index in [4.69, 9.17) is 19.2 Å². The topological polar surface area (TPSA) is 70.5 Å². The summed E-state index contributed by atoms with van der Waals surface area (Å²) in [4.78, 5) is 21.4. The quantitative estimate of drug-likeness (QED) is 0.639. The molecule has 0 saturated carbocycles. The van der Waals surface area contributed by atoms with Gasteiger partial charge in [-0.05, 0) is 55.5 Å². The highest BCUT2D eigenvalue weighted by Gasteiger charge is 2.19. The SMILES string of the molecule is COC(=O)c1nc(-c2ccc(OC)cc2)nc(-c2ccc(OC)cc2)c1C. The van der Waals surface area contributed by atoms with Gasteiger partial charge in [-0.1, -0.05) is 0 Å². The first-order valence-electron chi connectivity index (χ1n) is 8.33. The van der Waals surface area contributed by atoms with E-state index in [9.17, 15) is 4.79 Å². The largest absolute Gasteiger partial charge is 0.497 e. The number of hydrogen-bond donors (Lipinski definition) is 0. The third kappa shape index (κ3) is 3.74. The fourth-order valence-corrected chi connectivity index (χ4v) is 2.71. The number of aromatic nitrogens is 2. The molecule has 1 heterocycles. The Kier molecular flexibility index (Phi) is 5.35. The van der Waals surface area contributed by atoms with Crippen molar-refractivity contribution in [2.24, 2.45) is 0 Å². The number of nitrogens with zero attached hydrogens (tertiary/aromatic N) is 2. The number of esters is 1. The van der Waals surface area contributed by atoms with Crippen LogP contribution in [-0.4, -0.2) is 37.3 Å². The van der Waals surface area contributed by atoms with E-state index in [0.29, 0.717) is 17.1 Å². The lowest BCUT2D eigenvalue weighted by atomic mass is 10.0. The van der Waals surface area contributed by atoms with Crippen molar-refractivity contribution in [1.29, 1.82) is 0 Å². The van der Waals surface area contributed by atoms with E-state index >= 15 is 0 Å². The normalized spacial score (nSPS) is 10.4. The third-order valence-electron chi connectivity index (χ3n) is 4.24. The standard InChI is InChI=1S/C21H20N2O4/c1-13-18(14-5-9-16(25-2)10-6-14)22-20(23-19(13)21(24)27-4)15-7-11-17(26-3)12-8-15/h5-12H,1-4H3. The van der Waals surface area contributed by atoms with Crippen LogP contribution in [0.4, 0.5) is 0 Å². The number of benzene rings is 2. The number of rotatable bonds is 5. The summed E-state index contributed by atoms with van der Waals surface area (Å²) in [5.74, 6) is 1.41. The van der Waals surface area contributed by atoms with Crippen molar-refractivity contribution in [1.82, 2.24) is 9.97 Å². The number of carbonyl (C=O) groups excluding carboxylic acids is 1. The van der Waals surface area contributed by atoms with Crippen LogP contribution in [0.5, 0.6) is 11.5 Å². The van der Waals surface area contributed by atoms with Gasteiger partial charge in [-0.2, -0.15) is 0 Å². The number of hydrogen-bond acceptors (Lipinski definition) is 6. The van der Waals surface area contributed by atoms with Crippen LogP contribution >= 0.6 is 0 Å². The predicted octanol–water partition coefficient (Wildman–Crippen LogP) is 3.92. The molecule has 0 aliphatic heterocycles. The first-order chi connectivity index (χ1) is 13.1.